The van der Waals surface area contributed by atoms with Gasteiger partial charge in [-0.2, -0.15) is 0 Å². The van der Waals surface area contributed by atoms with Gasteiger partial charge in [0.1, 0.15) is 0 Å². The Balaban J connectivity index is 2.34. The van der Waals surface area contributed by atoms with Crippen molar-refractivity contribution in [2.75, 3.05) is 13.6 Å². The van der Waals surface area contributed by atoms with Crippen LogP contribution in [0.4, 0.5) is 0 Å². The normalized spacial score (nSPS) is 32.1. The van der Waals surface area contributed by atoms with Crippen LogP contribution >= 0.6 is 0 Å². The molecule has 1 aliphatic heterocycles. The Bertz CT molecular complexity index is 210. The molecule has 1 fully saturated rings. The van der Waals surface area contributed by atoms with Crippen LogP contribution in [0.3, 0.4) is 0 Å². The van der Waals surface area contributed by atoms with E-state index in [1.165, 1.54) is 0 Å². The Morgan fingerprint density at radius 2 is 1.76 bits per heavy atom. The van der Waals surface area contributed by atoms with E-state index in [0.29, 0.717) is 30.2 Å². The van der Waals surface area contributed by atoms with E-state index in [-0.39, 0.29) is 0 Å². The Hall–Kier alpha value is -0.120. The highest BCUT2D eigenvalue weighted by molar-refractivity contribution is 4.80. The molecule has 0 radical (unpaired) electrons. The first-order valence-electron chi connectivity index (χ1n) is 7.01. The first kappa shape index (κ1) is 14.9. The van der Waals surface area contributed by atoms with E-state index in [1.54, 1.807) is 0 Å². The minimum Gasteiger partial charge on any atom is -0.375 e. The number of hydrogen-bond donors (Lipinski definition) is 1. The lowest BCUT2D eigenvalue weighted by Crippen LogP contribution is -2.44. The van der Waals surface area contributed by atoms with Crippen molar-refractivity contribution in [3.05, 3.63) is 0 Å². The van der Waals surface area contributed by atoms with Gasteiger partial charge in [-0.25, -0.2) is 0 Å². The molecule has 0 aliphatic carbocycles. The highest BCUT2D eigenvalue weighted by Crippen LogP contribution is 2.23. The Morgan fingerprint density at radius 1 is 1.24 bits per heavy atom. The van der Waals surface area contributed by atoms with Crippen LogP contribution in [-0.2, 0) is 4.74 Å². The summed E-state index contributed by atoms with van der Waals surface area (Å²) in [4.78, 5) is 2.47. The summed E-state index contributed by atoms with van der Waals surface area (Å²) in [5.41, 5.74) is 6.10. The second kappa shape index (κ2) is 6.72. The number of nitrogens with zero attached hydrogens (tertiary/aromatic N) is 1. The van der Waals surface area contributed by atoms with Crippen molar-refractivity contribution in [3.63, 3.8) is 0 Å². The maximum absolute atomic E-state index is 6.10. The summed E-state index contributed by atoms with van der Waals surface area (Å²) < 4.78 is 5.78. The molecule has 0 aromatic carbocycles. The van der Waals surface area contributed by atoms with Crippen molar-refractivity contribution in [1.82, 2.24) is 4.90 Å². The lowest BCUT2D eigenvalue weighted by Gasteiger charge is -2.38. The zero-order valence-corrected chi connectivity index (χ0v) is 12.1. The maximum Gasteiger partial charge on any atom is 0.0565 e. The Morgan fingerprint density at radius 3 is 2.24 bits per heavy atom. The lowest BCUT2D eigenvalue weighted by molar-refractivity contribution is -0.0615. The molecule has 2 N–H and O–H groups in total. The maximum atomic E-state index is 6.10. The Labute approximate surface area is 107 Å². The molecule has 0 aromatic rings. The van der Waals surface area contributed by atoms with Crippen LogP contribution in [0.2, 0.25) is 0 Å². The molecule has 3 atom stereocenters. The highest BCUT2D eigenvalue weighted by atomic mass is 16.5. The third-order valence-electron chi connectivity index (χ3n) is 3.97. The molecule has 3 unspecified atom stereocenters. The SMILES string of the molecule is CC1CC(N(C)CCC(N)C(C)C)CC(C)O1. The molecule has 1 rings (SSSR count). The molecule has 0 aromatic heterocycles. The zero-order valence-electron chi connectivity index (χ0n) is 12.1. The number of ether oxygens (including phenoxy) is 1. The van der Waals surface area contributed by atoms with Crippen LogP contribution in [0, 0.1) is 5.92 Å². The van der Waals surface area contributed by atoms with Crippen LogP contribution in [0.25, 0.3) is 0 Å². The van der Waals surface area contributed by atoms with E-state index < -0.39 is 0 Å². The van der Waals surface area contributed by atoms with Crippen molar-refractivity contribution in [1.29, 1.82) is 0 Å². The predicted molar refractivity (Wildman–Crippen MR) is 73.1 cm³/mol. The van der Waals surface area contributed by atoms with Gasteiger partial charge in [-0.15, -0.1) is 0 Å². The fraction of sp³-hybridized carbons (Fsp3) is 1.00. The van der Waals surface area contributed by atoms with E-state index in [4.69, 9.17) is 10.5 Å². The number of rotatable bonds is 5. The van der Waals surface area contributed by atoms with Gasteiger partial charge in [0.05, 0.1) is 12.2 Å². The van der Waals surface area contributed by atoms with E-state index >= 15 is 0 Å². The molecule has 0 saturated carbocycles. The first-order valence-corrected chi connectivity index (χ1v) is 7.01. The second-order valence-electron chi connectivity index (χ2n) is 6.06. The third-order valence-corrected chi connectivity index (χ3v) is 3.97. The molecule has 102 valence electrons. The third kappa shape index (κ3) is 4.94. The number of nitrogens with two attached hydrogens (primary N) is 1. The smallest absolute Gasteiger partial charge is 0.0565 e. The molecule has 3 nitrogen and oxygen atoms in total. The fourth-order valence-corrected chi connectivity index (χ4v) is 2.60. The van der Waals surface area contributed by atoms with Crippen LogP contribution in [0.15, 0.2) is 0 Å². The average Bonchev–Trinajstić information content (AvgIpc) is 2.23. The Kier molecular flexibility index (Phi) is 5.90. The zero-order chi connectivity index (χ0) is 13.0. The van der Waals surface area contributed by atoms with Crippen molar-refractivity contribution >= 4 is 0 Å². The van der Waals surface area contributed by atoms with Crippen molar-refractivity contribution in [3.8, 4) is 0 Å². The quantitative estimate of drug-likeness (QED) is 0.803. The summed E-state index contributed by atoms with van der Waals surface area (Å²) in [5.74, 6) is 0.580. The summed E-state index contributed by atoms with van der Waals surface area (Å²) in [6.07, 6.45) is 4.18. The van der Waals surface area contributed by atoms with Crippen LogP contribution in [0.5, 0.6) is 0 Å². The molecule has 17 heavy (non-hydrogen) atoms. The molecular formula is C14H30N2O. The first-order chi connectivity index (χ1) is 7.90. The van der Waals surface area contributed by atoms with Crippen molar-refractivity contribution in [2.24, 2.45) is 11.7 Å². The van der Waals surface area contributed by atoms with Gasteiger partial charge in [-0.3, -0.25) is 0 Å². The van der Waals surface area contributed by atoms with Gasteiger partial charge >= 0.3 is 0 Å². The molecule has 0 amide bonds. The minimum atomic E-state index is 0.326. The van der Waals surface area contributed by atoms with Gasteiger partial charge in [0.15, 0.2) is 0 Å². The van der Waals surface area contributed by atoms with Gasteiger partial charge in [0.25, 0.3) is 0 Å². The summed E-state index contributed by atoms with van der Waals surface area (Å²) in [5, 5.41) is 0. The molecule has 0 spiro atoms. The summed E-state index contributed by atoms with van der Waals surface area (Å²) >= 11 is 0. The lowest BCUT2D eigenvalue weighted by atomic mass is 9.97. The van der Waals surface area contributed by atoms with E-state index in [2.05, 4.69) is 39.6 Å². The number of hydrogen-bond acceptors (Lipinski definition) is 3. The van der Waals surface area contributed by atoms with E-state index in [1.807, 2.05) is 0 Å². The monoisotopic (exact) mass is 242 g/mol. The van der Waals surface area contributed by atoms with Crippen molar-refractivity contribution in [2.45, 2.75) is 71.2 Å². The van der Waals surface area contributed by atoms with Crippen molar-refractivity contribution < 1.29 is 4.74 Å². The molecule has 0 bridgehead atoms. The molecule has 3 heteroatoms. The second-order valence-corrected chi connectivity index (χ2v) is 6.06. The minimum absolute atomic E-state index is 0.326. The van der Waals surface area contributed by atoms with Crippen LogP contribution in [-0.4, -0.2) is 42.8 Å². The summed E-state index contributed by atoms with van der Waals surface area (Å²) in [6, 6.07) is 0.986. The average molecular weight is 242 g/mol. The fourth-order valence-electron chi connectivity index (χ4n) is 2.60. The standard InChI is InChI=1S/C14H30N2O/c1-10(2)14(15)6-7-16(5)13-8-11(3)17-12(4)9-13/h10-14H,6-9,15H2,1-5H3. The highest BCUT2D eigenvalue weighted by Gasteiger charge is 2.27. The van der Waals surface area contributed by atoms with Gasteiger partial charge in [-0.1, -0.05) is 13.8 Å². The largest absolute Gasteiger partial charge is 0.375 e. The summed E-state index contributed by atoms with van der Waals surface area (Å²) in [6.45, 7) is 9.85. The van der Waals surface area contributed by atoms with Gasteiger partial charge < -0.3 is 15.4 Å². The van der Waals surface area contributed by atoms with Crippen LogP contribution in [0.1, 0.15) is 47.0 Å². The van der Waals surface area contributed by atoms with Gasteiger partial charge in [0, 0.05) is 12.1 Å². The molecule has 1 saturated heterocycles. The van der Waals surface area contributed by atoms with E-state index in [9.17, 15) is 0 Å². The molecular weight excluding hydrogens is 212 g/mol. The van der Waals surface area contributed by atoms with E-state index in [0.717, 1.165) is 25.8 Å². The van der Waals surface area contributed by atoms with Crippen LogP contribution < -0.4 is 5.73 Å². The molecule has 1 heterocycles. The summed E-state index contributed by atoms with van der Waals surface area (Å²) in [7, 11) is 2.22. The van der Waals surface area contributed by atoms with Gasteiger partial charge in [-0.05, 0) is 52.6 Å². The topological polar surface area (TPSA) is 38.5 Å². The predicted octanol–water partition coefficient (Wildman–Crippen LogP) is 2.25. The van der Waals surface area contributed by atoms with Gasteiger partial charge in [0.2, 0.25) is 0 Å². The molecule has 1 aliphatic rings.